The summed E-state index contributed by atoms with van der Waals surface area (Å²) in [5.41, 5.74) is -0.973. The number of hydroxylamine groups is 4. The van der Waals surface area contributed by atoms with Crippen LogP contribution in [0.5, 0.6) is 0 Å². The predicted molar refractivity (Wildman–Crippen MR) is 167 cm³/mol. The monoisotopic (exact) mass is 562 g/mol. The molecule has 232 valence electrons. The topological polar surface area (TPSA) is 59.1 Å². The molecule has 0 aromatic rings. The largest absolute Gasteiger partial charge is 0.300 e. The van der Waals surface area contributed by atoms with E-state index in [-0.39, 0.29) is 28.3 Å². The van der Waals surface area contributed by atoms with E-state index in [0.29, 0.717) is 43.9 Å². The molecule has 2 aliphatic heterocycles. The molecule has 0 saturated carbocycles. The van der Waals surface area contributed by atoms with Gasteiger partial charge < -0.3 is 0 Å². The Labute approximate surface area is 246 Å². The van der Waals surface area contributed by atoms with Gasteiger partial charge in [0, 0.05) is 47.8 Å². The molecule has 2 rings (SSSR count). The maximum atomic E-state index is 11.9. The lowest BCUT2D eigenvalue weighted by atomic mass is 9.81. The minimum Gasteiger partial charge on any atom is -0.300 e. The third-order valence-corrected chi connectivity index (χ3v) is 7.76. The number of carbonyl (C=O) groups is 2. The second-order valence-corrected chi connectivity index (χ2v) is 14.3. The fraction of sp³-hybridized carbons (Fsp3) is 0.824. The van der Waals surface area contributed by atoms with Crippen LogP contribution in [0.25, 0.3) is 0 Å². The van der Waals surface area contributed by atoms with Crippen LogP contribution in [0.2, 0.25) is 0 Å². The van der Waals surface area contributed by atoms with Crippen LogP contribution < -0.4 is 0 Å². The van der Waals surface area contributed by atoms with Gasteiger partial charge >= 0.3 is 0 Å². The number of hydrogen-bond acceptors (Lipinski definition) is 6. The Morgan fingerprint density at radius 1 is 0.725 bits per heavy atom. The Kier molecular flexibility index (Phi) is 15.0. The average Bonchev–Trinajstić information content (AvgIpc) is 2.79. The maximum absolute atomic E-state index is 11.9. The van der Waals surface area contributed by atoms with Gasteiger partial charge in [0.25, 0.3) is 0 Å². The summed E-state index contributed by atoms with van der Waals surface area (Å²) in [6.07, 6.45) is 18.0. The van der Waals surface area contributed by atoms with Gasteiger partial charge in [0.05, 0.1) is 12.7 Å². The number of carbonyl (C=O) groups excluding carboxylic acids is 2. The molecule has 0 spiro atoms. The van der Waals surface area contributed by atoms with Crippen LogP contribution in [-0.2, 0) is 19.3 Å². The Morgan fingerprint density at radius 2 is 1.18 bits per heavy atom. The van der Waals surface area contributed by atoms with Gasteiger partial charge in [0.1, 0.15) is 11.6 Å². The molecule has 6 heteroatoms. The first-order valence-electron chi connectivity index (χ1n) is 15.7. The molecule has 0 N–H and O–H groups in total. The van der Waals surface area contributed by atoms with Gasteiger partial charge in [-0.15, -0.1) is 6.58 Å². The minimum atomic E-state index is -0.259. The first-order chi connectivity index (χ1) is 18.5. The second-order valence-electron chi connectivity index (χ2n) is 14.3. The van der Waals surface area contributed by atoms with Gasteiger partial charge in [0.2, 0.25) is 0 Å². The van der Waals surface area contributed by atoms with Crippen molar-refractivity contribution >= 4 is 11.6 Å². The lowest BCUT2D eigenvalue weighted by Gasteiger charge is -2.51. The smallest absolute Gasteiger partial charge is 0.136 e. The molecule has 0 radical (unpaired) electrons. The summed E-state index contributed by atoms with van der Waals surface area (Å²) >= 11 is 0. The summed E-state index contributed by atoms with van der Waals surface area (Å²) in [6, 6.07) is 0. The van der Waals surface area contributed by atoms with Crippen LogP contribution in [0, 0.1) is 0 Å². The Bertz CT molecular complexity index is 788. The number of rotatable bonds is 14. The fourth-order valence-corrected chi connectivity index (χ4v) is 6.38. The zero-order valence-corrected chi connectivity index (χ0v) is 27.7. The van der Waals surface area contributed by atoms with Crippen molar-refractivity contribution in [2.75, 3.05) is 6.61 Å². The van der Waals surface area contributed by atoms with Gasteiger partial charge in [-0.25, -0.2) is 0 Å². The third kappa shape index (κ3) is 11.9. The summed E-state index contributed by atoms with van der Waals surface area (Å²) in [4.78, 5) is 35.9. The van der Waals surface area contributed by atoms with Crippen molar-refractivity contribution in [1.82, 2.24) is 10.1 Å². The highest BCUT2D eigenvalue weighted by molar-refractivity contribution is 5.82. The number of nitrogens with zero attached hydrogens (tertiary/aromatic N) is 2. The lowest BCUT2D eigenvalue weighted by Crippen LogP contribution is -2.61. The summed E-state index contributed by atoms with van der Waals surface area (Å²) in [5.74, 6) is 0.649. The van der Waals surface area contributed by atoms with Crippen LogP contribution in [0.1, 0.15) is 146 Å². The van der Waals surface area contributed by atoms with Crippen molar-refractivity contribution in [3.05, 3.63) is 24.8 Å². The standard InChI is InChI=1S/2C17H31NO2/c1-7-9-10-11-15(8-2)20-18-16(3,4)12-14(19)13-17(18,5)6;1-6-7-8-9-10-11-12-20-18-16(2,3)13-15(19)14-17(18,4)5/h8,15H,2,7,9-13H2,1,3-6H3;10-11H,6-9,12-14H2,1-5H3. The van der Waals surface area contributed by atoms with E-state index in [1.807, 2.05) is 16.2 Å². The molecule has 6 nitrogen and oxygen atoms in total. The van der Waals surface area contributed by atoms with Gasteiger partial charge in [0.15, 0.2) is 0 Å². The second kappa shape index (κ2) is 16.3. The highest BCUT2D eigenvalue weighted by Crippen LogP contribution is 2.38. The van der Waals surface area contributed by atoms with E-state index in [9.17, 15) is 9.59 Å². The lowest BCUT2D eigenvalue weighted by molar-refractivity contribution is -0.291. The molecule has 0 amide bonds. The van der Waals surface area contributed by atoms with Gasteiger partial charge in [-0.1, -0.05) is 64.2 Å². The van der Waals surface area contributed by atoms with Crippen molar-refractivity contribution in [3.8, 4) is 0 Å². The van der Waals surface area contributed by atoms with Gasteiger partial charge in [-0.3, -0.25) is 19.3 Å². The van der Waals surface area contributed by atoms with Gasteiger partial charge in [-0.2, -0.15) is 10.1 Å². The molecule has 0 aromatic carbocycles. The highest BCUT2D eigenvalue weighted by Gasteiger charge is 2.47. The summed E-state index contributed by atoms with van der Waals surface area (Å²) in [5, 5.41) is 4.07. The molecule has 2 aliphatic rings. The molecule has 2 fully saturated rings. The van der Waals surface area contributed by atoms with Crippen molar-refractivity contribution in [2.24, 2.45) is 0 Å². The highest BCUT2D eigenvalue weighted by atomic mass is 16.7. The molecule has 1 atom stereocenters. The van der Waals surface area contributed by atoms with E-state index in [4.69, 9.17) is 9.68 Å². The van der Waals surface area contributed by atoms with Crippen molar-refractivity contribution in [1.29, 1.82) is 0 Å². The Morgan fingerprint density at radius 3 is 1.62 bits per heavy atom. The van der Waals surface area contributed by atoms with Crippen molar-refractivity contribution in [3.63, 3.8) is 0 Å². The molecule has 0 aromatic heterocycles. The van der Waals surface area contributed by atoms with Crippen LogP contribution >= 0.6 is 0 Å². The van der Waals surface area contributed by atoms with E-state index in [2.05, 4.69) is 88.0 Å². The Balaban J connectivity index is 0.000000400. The maximum Gasteiger partial charge on any atom is 0.136 e. The van der Waals surface area contributed by atoms with Crippen LogP contribution in [0.15, 0.2) is 24.8 Å². The molecule has 2 saturated heterocycles. The first kappa shape index (κ1) is 36.7. The zero-order chi connectivity index (χ0) is 30.6. The summed E-state index contributed by atoms with van der Waals surface area (Å²) in [6.45, 7) is 25.6. The molecular weight excluding hydrogens is 500 g/mol. The van der Waals surface area contributed by atoms with E-state index >= 15 is 0 Å². The van der Waals surface area contributed by atoms with Crippen molar-refractivity contribution < 1.29 is 19.3 Å². The SMILES string of the molecule is C=CC(CCCCC)ON1C(C)(C)CC(=O)CC1(C)C.CCCCCC=CCON1C(C)(C)CC(=O)CC1(C)C. The van der Waals surface area contributed by atoms with Crippen LogP contribution in [0.3, 0.4) is 0 Å². The van der Waals surface area contributed by atoms with E-state index in [1.54, 1.807) is 0 Å². The van der Waals surface area contributed by atoms with Gasteiger partial charge in [-0.05, 0) is 74.7 Å². The van der Waals surface area contributed by atoms with E-state index in [0.717, 1.165) is 19.3 Å². The molecular formula is C34H62N2O4. The number of allylic oxidation sites excluding steroid dienone is 1. The van der Waals surface area contributed by atoms with Crippen molar-refractivity contribution in [2.45, 2.75) is 175 Å². The molecule has 0 bridgehead atoms. The fourth-order valence-electron chi connectivity index (χ4n) is 6.38. The number of ketones is 2. The quantitative estimate of drug-likeness (QED) is 0.156. The molecule has 40 heavy (non-hydrogen) atoms. The predicted octanol–water partition coefficient (Wildman–Crippen LogP) is 8.55. The number of piperidine rings is 2. The zero-order valence-electron chi connectivity index (χ0n) is 27.7. The number of hydrogen-bond donors (Lipinski definition) is 0. The van der Waals surface area contributed by atoms with Crippen LogP contribution in [0.4, 0.5) is 0 Å². The normalized spacial score (nSPS) is 23.1. The molecule has 2 heterocycles. The number of unbranched alkanes of at least 4 members (excludes halogenated alkanes) is 5. The third-order valence-electron chi connectivity index (χ3n) is 7.76. The first-order valence-corrected chi connectivity index (χ1v) is 15.7. The van der Waals surface area contributed by atoms with Crippen LogP contribution in [-0.4, -0.2) is 56.6 Å². The summed E-state index contributed by atoms with van der Waals surface area (Å²) < 4.78 is 0. The van der Waals surface area contributed by atoms with E-state index < -0.39 is 0 Å². The average molecular weight is 563 g/mol. The number of Topliss-reactive ketones (excluding diaryl/α,β-unsaturated/α-hetero) is 2. The molecule has 0 aliphatic carbocycles. The molecule has 1 unspecified atom stereocenters. The van der Waals surface area contributed by atoms with E-state index in [1.165, 1.54) is 32.1 Å². The summed E-state index contributed by atoms with van der Waals surface area (Å²) in [7, 11) is 0. The Hall–Kier alpha value is -1.34. The minimum absolute atomic E-state index is 0.0355.